The van der Waals surface area contributed by atoms with Crippen molar-refractivity contribution in [2.45, 2.75) is 64.6 Å². The van der Waals surface area contributed by atoms with E-state index < -0.39 is 0 Å². The van der Waals surface area contributed by atoms with Gasteiger partial charge >= 0.3 is 0 Å². The molecule has 1 aliphatic rings. The van der Waals surface area contributed by atoms with Gasteiger partial charge in [0, 0.05) is 23.8 Å². The van der Waals surface area contributed by atoms with Gasteiger partial charge in [-0.05, 0) is 38.2 Å². The van der Waals surface area contributed by atoms with Crippen LogP contribution in [0.3, 0.4) is 0 Å². The first kappa shape index (κ1) is 15.8. The van der Waals surface area contributed by atoms with Crippen molar-refractivity contribution >= 4 is 5.91 Å². The SMILES string of the molecule is CCCC(C)NC(=O)Cn1c2c(ccc1=O)C(N)CCC2. The fraction of sp³-hybridized carbons (Fsp3) is 0.625. The van der Waals surface area contributed by atoms with E-state index in [0.29, 0.717) is 0 Å². The molecule has 0 saturated heterocycles. The number of rotatable bonds is 5. The molecule has 0 aliphatic heterocycles. The number of hydrogen-bond donors (Lipinski definition) is 2. The maximum atomic E-state index is 12.1. The molecule has 116 valence electrons. The van der Waals surface area contributed by atoms with E-state index in [1.54, 1.807) is 4.57 Å². The van der Waals surface area contributed by atoms with Gasteiger partial charge in [-0.1, -0.05) is 19.4 Å². The summed E-state index contributed by atoms with van der Waals surface area (Å²) in [5.74, 6) is -0.106. The molecule has 2 unspecified atom stereocenters. The van der Waals surface area contributed by atoms with Gasteiger partial charge < -0.3 is 15.6 Å². The molecule has 2 rings (SSSR count). The minimum atomic E-state index is -0.124. The summed E-state index contributed by atoms with van der Waals surface area (Å²) in [7, 11) is 0. The average Bonchev–Trinajstić information content (AvgIpc) is 2.42. The van der Waals surface area contributed by atoms with Crippen molar-refractivity contribution in [3.8, 4) is 0 Å². The number of hydrogen-bond acceptors (Lipinski definition) is 3. The number of nitrogens with one attached hydrogen (secondary N) is 1. The number of carbonyl (C=O) groups excluding carboxylic acids is 1. The Morgan fingerprint density at radius 1 is 1.52 bits per heavy atom. The summed E-state index contributed by atoms with van der Waals surface area (Å²) in [6.45, 7) is 4.16. The third-order valence-electron chi connectivity index (χ3n) is 4.09. The van der Waals surface area contributed by atoms with Crippen molar-refractivity contribution in [2.75, 3.05) is 0 Å². The number of nitrogens with two attached hydrogens (primary N) is 1. The number of fused-ring (bicyclic) bond motifs is 1. The van der Waals surface area contributed by atoms with Gasteiger partial charge in [-0.3, -0.25) is 9.59 Å². The summed E-state index contributed by atoms with van der Waals surface area (Å²) >= 11 is 0. The summed E-state index contributed by atoms with van der Waals surface area (Å²) < 4.78 is 1.59. The van der Waals surface area contributed by atoms with Crippen LogP contribution in [0.15, 0.2) is 16.9 Å². The molecule has 1 heterocycles. The summed E-state index contributed by atoms with van der Waals surface area (Å²) in [5.41, 5.74) is 7.92. The van der Waals surface area contributed by atoms with Crippen LogP contribution in [0.25, 0.3) is 0 Å². The van der Waals surface area contributed by atoms with Crippen LogP contribution in [0.5, 0.6) is 0 Å². The van der Waals surface area contributed by atoms with Crippen LogP contribution >= 0.6 is 0 Å². The van der Waals surface area contributed by atoms with Gasteiger partial charge in [-0.2, -0.15) is 0 Å². The lowest BCUT2D eigenvalue weighted by Gasteiger charge is -2.25. The van der Waals surface area contributed by atoms with Gasteiger partial charge in [0.05, 0.1) is 0 Å². The average molecular weight is 291 g/mol. The van der Waals surface area contributed by atoms with Crippen molar-refractivity contribution in [3.05, 3.63) is 33.7 Å². The first-order valence-electron chi connectivity index (χ1n) is 7.80. The van der Waals surface area contributed by atoms with Crippen molar-refractivity contribution in [3.63, 3.8) is 0 Å². The van der Waals surface area contributed by atoms with E-state index in [9.17, 15) is 9.59 Å². The zero-order valence-electron chi connectivity index (χ0n) is 12.9. The minimum Gasteiger partial charge on any atom is -0.352 e. The highest BCUT2D eigenvalue weighted by Crippen LogP contribution is 2.26. The van der Waals surface area contributed by atoms with Crippen molar-refractivity contribution < 1.29 is 4.79 Å². The molecule has 2 atom stereocenters. The molecule has 21 heavy (non-hydrogen) atoms. The van der Waals surface area contributed by atoms with E-state index in [4.69, 9.17) is 5.73 Å². The Bertz CT molecular complexity index is 565. The van der Waals surface area contributed by atoms with Crippen LogP contribution in [0.1, 0.15) is 56.8 Å². The Morgan fingerprint density at radius 2 is 2.29 bits per heavy atom. The molecule has 1 amide bonds. The summed E-state index contributed by atoms with van der Waals surface area (Å²) in [5, 5.41) is 2.94. The van der Waals surface area contributed by atoms with E-state index in [2.05, 4.69) is 12.2 Å². The molecule has 1 aromatic rings. The second-order valence-electron chi connectivity index (χ2n) is 5.92. The molecule has 1 aromatic heterocycles. The maximum Gasteiger partial charge on any atom is 0.251 e. The number of aromatic nitrogens is 1. The Balaban J connectivity index is 2.18. The highest BCUT2D eigenvalue weighted by atomic mass is 16.2. The van der Waals surface area contributed by atoms with E-state index >= 15 is 0 Å². The van der Waals surface area contributed by atoms with Crippen LogP contribution in [0, 0.1) is 0 Å². The molecule has 0 spiro atoms. The zero-order valence-corrected chi connectivity index (χ0v) is 12.9. The van der Waals surface area contributed by atoms with Gasteiger partial charge in [0.2, 0.25) is 5.91 Å². The predicted octanol–water partition coefficient (Wildman–Crippen LogP) is 1.49. The lowest BCUT2D eigenvalue weighted by Crippen LogP contribution is -2.39. The number of pyridine rings is 1. The van der Waals surface area contributed by atoms with Gasteiger partial charge in [-0.15, -0.1) is 0 Å². The Kier molecular flexibility index (Phi) is 5.17. The van der Waals surface area contributed by atoms with E-state index in [0.717, 1.165) is 43.4 Å². The number of amides is 1. The van der Waals surface area contributed by atoms with Crippen molar-refractivity contribution in [1.29, 1.82) is 0 Å². The van der Waals surface area contributed by atoms with Crippen LogP contribution in [0.4, 0.5) is 0 Å². The van der Waals surface area contributed by atoms with Crippen molar-refractivity contribution in [1.82, 2.24) is 9.88 Å². The lowest BCUT2D eigenvalue weighted by molar-refractivity contribution is -0.122. The fourth-order valence-corrected chi connectivity index (χ4v) is 3.04. The minimum absolute atomic E-state index is 0.0253. The topological polar surface area (TPSA) is 77.1 Å². The normalized spacial score (nSPS) is 18.9. The van der Waals surface area contributed by atoms with Gasteiger partial charge in [0.15, 0.2) is 0 Å². The second kappa shape index (κ2) is 6.89. The summed E-state index contributed by atoms with van der Waals surface area (Å²) in [6, 6.07) is 3.45. The van der Waals surface area contributed by atoms with Crippen LogP contribution < -0.4 is 16.6 Å². The quantitative estimate of drug-likeness (QED) is 0.863. The lowest BCUT2D eigenvalue weighted by atomic mass is 9.91. The molecule has 0 aromatic carbocycles. The number of carbonyl (C=O) groups is 1. The monoisotopic (exact) mass is 291 g/mol. The van der Waals surface area contributed by atoms with Gasteiger partial charge in [0.1, 0.15) is 6.54 Å². The third-order valence-corrected chi connectivity index (χ3v) is 4.09. The van der Waals surface area contributed by atoms with Crippen LogP contribution in [-0.2, 0) is 17.8 Å². The standard InChI is InChI=1S/C16H25N3O2/c1-3-5-11(2)18-15(20)10-19-14-7-4-6-13(17)12(14)8-9-16(19)21/h8-9,11,13H,3-7,10,17H2,1-2H3,(H,18,20). The molecule has 0 radical (unpaired) electrons. The van der Waals surface area contributed by atoms with Gasteiger partial charge in [0.25, 0.3) is 5.56 Å². The van der Waals surface area contributed by atoms with Crippen LogP contribution in [0.2, 0.25) is 0 Å². The largest absolute Gasteiger partial charge is 0.352 e. The number of nitrogens with zero attached hydrogens (tertiary/aromatic N) is 1. The van der Waals surface area contributed by atoms with E-state index in [-0.39, 0.29) is 30.1 Å². The fourth-order valence-electron chi connectivity index (χ4n) is 3.04. The smallest absolute Gasteiger partial charge is 0.251 e. The predicted molar refractivity (Wildman–Crippen MR) is 83.1 cm³/mol. The molecule has 5 nitrogen and oxygen atoms in total. The first-order valence-corrected chi connectivity index (χ1v) is 7.80. The molecule has 3 N–H and O–H groups in total. The molecule has 1 aliphatic carbocycles. The molecule has 0 fully saturated rings. The molecule has 5 heteroatoms. The molecule has 0 saturated carbocycles. The summed E-state index contributed by atoms with van der Waals surface area (Å²) in [6.07, 6.45) is 4.68. The van der Waals surface area contributed by atoms with Gasteiger partial charge in [-0.25, -0.2) is 0 Å². The van der Waals surface area contributed by atoms with Crippen molar-refractivity contribution in [2.24, 2.45) is 5.73 Å². The molecule has 0 bridgehead atoms. The summed E-state index contributed by atoms with van der Waals surface area (Å²) in [4.78, 5) is 24.2. The maximum absolute atomic E-state index is 12.1. The van der Waals surface area contributed by atoms with E-state index in [1.165, 1.54) is 6.07 Å². The highest BCUT2D eigenvalue weighted by molar-refractivity contribution is 5.76. The second-order valence-corrected chi connectivity index (χ2v) is 5.92. The molecular weight excluding hydrogens is 266 g/mol. The van der Waals surface area contributed by atoms with E-state index in [1.807, 2.05) is 13.0 Å². The third kappa shape index (κ3) is 3.73. The zero-order chi connectivity index (χ0) is 15.4. The Morgan fingerprint density at radius 3 is 3.00 bits per heavy atom. The Labute approximate surface area is 125 Å². The van der Waals surface area contributed by atoms with Crippen LogP contribution in [-0.4, -0.2) is 16.5 Å². The first-order chi connectivity index (χ1) is 10.0. The highest BCUT2D eigenvalue weighted by Gasteiger charge is 2.21. The molecular formula is C16H25N3O2. The Hall–Kier alpha value is -1.62.